The van der Waals surface area contributed by atoms with E-state index in [1.165, 1.54) is 17.0 Å². The Morgan fingerprint density at radius 3 is 2.55 bits per heavy atom. The summed E-state index contributed by atoms with van der Waals surface area (Å²) >= 11 is 0. The summed E-state index contributed by atoms with van der Waals surface area (Å²) in [6.07, 6.45) is 0. The molecule has 0 fully saturated rings. The molecule has 0 radical (unpaired) electrons. The van der Waals surface area contributed by atoms with Gasteiger partial charge >= 0.3 is 5.82 Å². The molecule has 1 aromatic carbocycles. The van der Waals surface area contributed by atoms with Crippen LogP contribution in [0.2, 0.25) is 0 Å². The molecule has 3 aromatic rings. The zero-order valence-electron chi connectivity index (χ0n) is 18.4. The maximum atomic E-state index is 12.3. The van der Waals surface area contributed by atoms with Crippen molar-refractivity contribution in [2.24, 2.45) is 5.41 Å². The lowest BCUT2D eigenvalue weighted by Crippen LogP contribution is -2.29. The van der Waals surface area contributed by atoms with Gasteiger partial charge in [0.15, 0.2) is 5.75 Å². The molecule has 0 bridgehead atoms. The maximum absolute atomic E-state index is 12.3. The SMILES string of the molecule is Cc1ccc([C@H](Nc2no[n+]([O-])c2Nc2cccc(C(=O)N(C)C)c2O)C(C)(C)C)o1. The number of phenolic OH excluding ortho intramolecular Hbond substituents is 1. The van der Waals surface area contributed by atoms with Crippen LogP contribution in [0.1, 0.15) is 48.7 Å². The Hall–Kier alpha value is -3.69. The van der Waals surface area contributed by atoms with Gasteiger partial charge in [0.25, 0.3) is 11.7 Å². The van der Waals surface area contributed by atoms with Crippen LogP contribution in [0.3, 0.4) is 0 Å². The van der Waals surface area contributed by atoms with Crippen molar-refractivity contribution >= 4 is 23.2 Å². The number of aromatic hydroxyl groups is 1. The Kier molecular flexibility index (Phi) is 5.83. The smallest absolute Gasteiger partial charge is 0.324 e. The first-order valence-electron chi connectivity index (χ1n) is 9.72. The third kappa shape index (κ3) is 4.57. The number of benzene rings is 1. The van der Waals surface area contributed by atoms with Crippen molar-refractivity contribution in [1.29, 1.82) is 0 Å². The number of carbonyl (C=O) groups is 1. The van der Waals surface area contributed by atoms with Crippen LogP contribution in [-0.4, -0.2) is 35.2 Å². The first-order chi connectivity index (χ1) is 14.5. The number of amides is 1. The number of aryl methyl sites for hydroxylation is 1. The number of anilines is 3. The van der Waals surface area contributed by atoms with Gasteiger partial charge in [0.1, 0.15) is 17.2 Å². The van der Waals surface area contributed by atoms with Crippen molar-refractivity contribution in [3.05, 3.63) is 52.6 Å². The molecule has 0 saturated heterocycles. The third-order valence-corrected chi connectivity index (χ3v) is 4.73. The molecule has 31 heavy (non-hydrogen) atoms. The lowest BCUT2D eigenvalue weighted by molar-refractivity contribution is -0.790. The average molecular weight is 429 g/mol. The second kappa shape index (κ2) is 8.21. The highest BCUT2D eigenvalue weighted by atomic mass is 16.8. The number of furan rings is 1. The van der Waals surface area contributed by atoms with E-state index in [-0.39, 0.29) is 50.9 Å². The summed E-state index contributed by atoms with van der Waals surface area (Å²) in [6.45, 7) is 7.90. The number of hydrogen-bond donors (Lipinski definition) is 3. The summed E-state index contributed by atoms with van der Waals surface area (Å²) in [5.41, 5.74) is -0.0456. The number of phenols is 1. The molecular formula is C21H27N5O5. The molecular weight excluding hydrogens is 402 g/mol. The van der Waals surface area contributed by atoms with Crippen molar-refractivity contribution in [2.75, 3.05) is 24.7 Å². The molecule has 10 nitrogen and oxygen atoms in total. The van der Waals surface area contributed by atoms with Gasteiger partial charge in [-0.25, -0.2) is 0 Å². The summed E-state index contributed by atoms with van der Waals surface area (Å²) < 4.78 is 10.6. The molecule has 0 saturated carbocycles. The summed E-state index contributed by atoms with van der Waals surface area (Å²) in [5, 5.41) is 32.7. The van der Waals surface area contributed by atoms with E-state index in [9.17, 15) is 15.1 Å². The highest BCUT2D eigenvalue weighted by Gasteiger charge is 2.33. The fourth-order valence-electron chi connectivity index (χ4n) is 3.09. The topological polar surface area (TPSA) is 131 Å². The van der Waals surface area contributed by atoms with Crippen molar-refractivity contribution in [3.63, 3.8) is 0 Å². The molecule has 3 rings (SSSR count). The minimum Gasteiger partial charge on any atom is -0.504 e. The van der Waals surface area contributed by atoms with Gasteiger partial charge < -0.3 is 29.6 Å². The molecule has 166 valence electrons. The summed E-state index contributed by atoms with van der Waals surface area (Å²) in [5.74, 6) is 0.840. The van der Waals surface area contributed by atoms with Gasteiger partial charge in [-0.2, -0.15) is 0 Å². The Balaban J connectivity index is 1.95. The predicted octanol–water partition coefficient (Wildman–Crippen LogP) is 3.56. The largest absolute Gasteiger partial charge is 0.504 e. The molecule has 1 amide bonds. The highest BCUT2D eigenvalue weighted by Crippen LogP contribution is 2.38. The molecule has 0 aliphatic carbocycles. The second-order valence-electron chi connectivity index (χ2n) is 8.55. The molecule has 2 aromatic heterocycles. The Morgan fingerprint density at radius 2 is 1.97 bits per heavy atom. The molecule has 0 aliphatic rings. The predicted molar refractivity (Wildman–Crippen MR) is 114 cm³/mol. The third-order valence-electron chi connectivity index (χ3n) is 4.73. The standard InChI is InChI=1S/C21H27N5O5/c1-12-10-11-15(30-12)17(21(2,3)4)23-18-19(26(29)31-24-18)22-14-9-7-8-13(16(14)27)20(28)25(5)6/h7-11,17,22,27H,1-6H3,(H,23,24)/t17-/m0/s1. The zero-order chi connectivity index (χ0) is 22.9. The molecule has 0 spiro atoms. The molecule has 2 heterocycles. The van der Waals surface area contributed by atoms with E-state index in [0.717, 1.165) is 5.76 Å². The van der Waals surface area contributed by atoms with Crippen LogP contribution in [0.15, 0.2) is 39.4 Å². The molecule has 0 aliphatic heterocycles. The van der Waals surface area contributed by atoms with Crippen LogP contribution in [0, 0.1) is 17.5 Å². The molecule has 10 heteroatoms. The number of para-hydroxylation sites is 1. The number of rotatable bonds is 6. The second-order valence-corrected chi connectivity index (χ2v) is 8.55. The molecule has 1 atom stereocenters. The van der Waals surface area contributed by atoms with Gasteiger partial charge in [-0.05, 0) is 41.8 Å². The van der Waals surface area contributed by atoms with Gasteiger partial charge in [0.2, 0.25) is 0 Å². The normalized spacial score (nSPS) is 12.5. The average Bonchev–Trinajstić information content (AvgIpc) is 3.26. The van der Waals surface area contributed by atoms with E-state index >= 15 is 0 Å². The van der Waals surface area contributed by atoms with Crippen LogP contribution in [-0.2, 0) is 0 Å². The number of nitrogens with one attached hydrogen (secondary N) is 2. The Bertz CT molecular complexity index is 1080. The first kappa shape index (κ1) is 22.0. The van der Waals surface area contributed by atoms with Crippen molar-refractivity contribution in [3.8, 4) is 5.75 Å². The van der Waals surface area contributed by atoms with Crippen molar-refractivity contribution in [1.82, 2.24) is 10.1 Å². The molecule has 0 unspecified atom stereocenters. The van der Waals surface area contributed by atoms with E-state index in [1.807, 2.05) is 39.8 Å². The highest BCUT2D eigenvalue weighted by molar-refractivity contribution is 5.98. The Labute approximate surface area is 180 Å². The van der Waals surface area contributed by atoms with Gasteiger partial charge in [0, 0.05) is 14.1 Å². The summed E-state index contributed by atoms with van der Waals surface area (Å²) in [4.78, 5) is 13.8. The fraction of sp³-hybridized carbons (Fsp3) is 0.381. The van der Waals surface area contributed by atoms with Crippen LogP contribution >= 0.6 is 0 Å². The summed E-state index contributed by atoms with van der Waals surface area (Å²) in [7, 11) is 3.16. The van der Waals surface area contributed by atoms with E-state index < -0.39 is 0 Å². The van der Waals surface area contributed by atoms with Crippen LogP contribution in [0.25, 0.3) is 0 Å². The van der Waals surface area contributed by atoms with Crippen LogP contribution in [0.5, 0.6) is 5.75 Å². The number of aromatic nitrogens is 2. The van der Waals surface area contributed by atoms with E-state index in [0.29, 0.717) is 5.76 Å². The summed E-state index contributed by atoms with van der Waals surface area (Å²) in [6, 6.07) is 8.02. The number of hydrogen-bond acceptors (Lipinski definition) is 8. The van der Waals surface area contributed by atoms with Gasteiger partial charge in [0.05, 0.1) is 11.6 Å². The van der Waals surface area contributed by atoms with Crippen LogP contribution in [0.4, 0.5) is 17.3 Å². The monoisotopic (exact) mass is 429 g/mol. The number of nitrogens with zero attached hydrogens (tertiary/aromatic N) is 3. The van der Waals surface area contributed by atoms with Gasteiger partial charge in [-0.3, -0.25) is 10.1 Å². The van der Waals surface area contributed by atoms with E-state index in [4.69, 9.17) is 9.05 Å². The number of carbonyl (C=O) groups excluding carboxylic acids is 1. The lowest BCUT2D eigenvalue weighted by Gasteiger charge is -2.29. The molecule has 3 N–H and O–H groups in total. The van der Waals surface area contributed by atoms with Crippen LogP contribution < -0.4 is 15.5 Å². The Morgan fingerprint density at radius 1 is 1.26 bits per heavy atom. The zero-order valence-corrected chi connectivity index (χ0v) is 18.4. The van der Waals surface area contributed by atoms with Gasteiger partial charge in [-0.1, -0.05) is 31.7 Å². The van der Waals surface area contributed by atoms with E-state index in [1.54, 1.807) is 20.2 Å². The van der Waals surface area contributed by atoms with Crippen molar-refractivity contribution < 1.29 is 23.9 Å². The lowest BCUT2D eigenvalue weighted by atomic mass is 9.85. The quantitative estimate of drug-likeness (QED) is 0.400. The first-order valence-corrected chi connectivity index (χ1v) is 9.72. The minimum atomic E-state index is -0.374. The van der Waals surface area contributed by atoms with Crippen molar-refractivity contribution in [2.45, 2.75) is 33.7 Å². The van der Waals surface area contributed by atoms with E-state index in [2.05, 4.69) is 15.8 Å². The van der Waals surface area contributed by atoms with Gasteiger partial charge in [-0.15, -0.1) is 0 Å². The fourth-order valence-corrected chi connectivity index (χ4v) is 3.09. The maximum Gasteiger partial charge on any atom is 0.324 e. The minimum absolute atomic E-state index is 0.0673.